The quantitative estimate of drug-likeness (QED) is 0.418. The summed E-state index contributed by atoms with van der Waals surface area (Å²) in [5, 5.41) is 30.5. The van der Waals surface area contributed by atoms with Gasteiger partial charge in [0.05, 0.1) is 26.5 Å². The lowest BCUT2D eigenvalue weighted by molar-refractivity contribution is -0.383. The molecule has 0 saturated heterocycles. The van der Waals surface area contributed by atoms with E-state index in [-0.39, 0.29) is 22.2 Å². The number of pyridine rings is 1. The molecule has 0 bridgehead atoms. The summed E-state index contributed by atoms with van der Waals surface area (Å²) in [5.41, 5.74) is 1.69. The van der Waals surface area contributed by atoms with E-state index >= 15 is 0 Å². The van der Waals surface area contributed by atoms with Crippen molar-refractivity contribution in [3.63, 3.8) is 0 Å². The third-order valence-electron chi connectivity index (χ3n) is 3.44. The summed E-state index contributed by atoms with van der Waals surface area (Å²) >= 11 is 5.80. The molecule has 3 aromatic rings. The smallest absolute Gasteiger partial charge is 0.278 e. The zero-order valence-electron chi connectivity index (χ0n) is 12.2. The molecule has 0 aliphatic rings. The van der Waals surface area contributed by atoms with Crippen molar-refractivity contribution in [2.45, 2.75) is 0 Å². The minimum absolute atomic E-state index is 0.00534. The fourth-order valence-electron chi connectivity index (χ4n) is 2.29. The second-order valence-electron chi connectivity index (χ2n) is 5.04. The number of phenols is 2. The van der Waals surface area contributed by atoms with E-state index in [1.54, 1.807) is 36.4 Å². The molecule has 0 spiro atoms. The molecule has 0 atom stereocenters. The van der Waals surface area contributed by atoms with E-state index in [1.807, 2.05) is 0 Å². The maximum atomic E-state index is 11.0. The molecule has 1 heterocycles. The molecule has 7 heteroatoms. The third kappa shape index (κ3) is 3.00. The van der Waals surface area contributed by atoms with Gasteiger partial charge in [0, 0.05) is 6.07 Å². The highest BCUT2D eigenvalue weighted by Crippen LogP contribution is 2.34. The molecule has 0 amide bonds. The minimum Gasteiger partial charge on any atom is -0.504 e. The van der Waals surface area contributed by atoms with Crippen molar-refractivity contribution in [2.75, 3.05) is 0 Å². The van der Waals surface area contributed by atoms with Crippen molar-refractivity contribution >= 4 is 40.3 Å². The molecule has 0 unspecified atom stereocenters. The summed E-state index contributed by atoms with van der Waals surface area (Å²) in [6, 6.07) is 10.9. The van der Waals surface area contributed by atoms with Crippen LogP contribution in [0.25, 0.3) is 23.1 Å². The van der Waals surface area contributed by atoms with Gasteiger partial charge in [-0.25, -0.2) is 4.98 Å². The predicted molar refractivity (Wildman–Crippen MR) is 92.1 cm³/mol. The van der Waals surface area contributed by atoms with Crippen molar-refractivity contribution in [1.29, 1.82) is 0 Å². The largest absolute Gasteiger partial charge is 0.504 e. The number of nitro groups is 1. The first-order valence-electron chi connectivity index (χ1n) is 6.89. The first-order valence-corrected chi connectivity index (χ1v) is 7.27. The van der Waals surface area contributed by atoms with Crippen LogP contribution >= 0.6 is 11.6 Å². The van der Waals surface area contributed by atoms with E-state index < -0.39 is 4.92 Å². The summed E-state index contributed by atoms with van der Waals surface area (Å²) in [6.07, 6.45) is 3.34. The number of hydrogen-bond acceptors (Lipinski definition) is 5. The fourth-order valence-corrected chi connectivity index (χ4v) is 2.51. The Balaban J connectivity index is 1.97. The molecule has 0 aliphatic carbocycles. The Morgan fingerprint density at radius 3 is 2.62 bits per heavy atom. The number of fused-ring (bicyclic) bond motifs is 1. The SMILES string of the molecule is O=[N+]([O-])c1cccc2nc(/C=C/c3cc(O)c(O)c(Cl)c3)ccc12. The molecule has 2 aromatic carbocycles. The number of rotatable bonds is 3. The van der Waals surface area contributed by atoms with E-state index in [0.717, 1.165) is 0 Å². The van der Waals surface area contributed by atoms with Gasteiger partial charge in [0.2, 0.25) is 0 Å². The fraction of sp³-hybridized carbons (Fsp3) is 0. The van der Waals surface area contributed by atoms with Crippen LogP contribution in [-0.2, 0) is 0 Å². The Kier molecular flexibility index (Phi) is 4.05. The molecule has 120 valence electrons. The summed E-state index contributed by atoms with van der Waals surface area (Å²) in [7, 11) is 0. The molecule has 0 saturated carbocycles. The normalized spacial score (nSPS) is 11.2. The second kappa shape index (κ2) is 6.17. The molecule has 0 aliphatic heterocycles. The van der Waals surface area contributed by atoms with Crippen LogP contribution in [0.15, 0.2) is 42.5 Å². The van der Waals surface area contributed by atoms with Crippen LogP contribution in [0.5, 0.6) is 11.5 Å². The third-order valence-corrected chi connectivity index (χ3v) is 3.73. The Morgan fingerprint density at radius 2 is 1.92 bits per heavy atom. The standard InChI is InChI=1S/C17H11ClN2O4/c18-13-8-10(9-16(21)17(13)22)4-5-11-6-7-12-14(19-11)2-1-3-15(12)20(23)24/h1-9,21-22H/b5-4+. The van der Waals surface area contributed by atoms with Crippen molar-refractivity contribution in [3.8, 4) is 11.5 Å². The number of aromatic nitrogens is 1. The van der Waals surface area contributed by atoms with Gasteiger partial charge in [0.25, 0.3) is 5.69 Å². The van der Waals surface area contributed by atoms with E-state index in [0.29, 0.717) is 22.2 Å². The van der Waals surface area contributed by atoms with E-state index in [1.165, 1.54) is 18.2 Å². The van der Waals surface area contributed by atoms with Gasteiger partial charge in [-0.1, -0.05) is 23.7 Å². The Hall–Kier alpha value is -3.12. The number of nitrogens with zero attached hydrogens (tertiary/aromatic N) is 2. The molecule has 1 aromatic heterocycles. The lowest BCUT2D eigenvalue weighted by atomic mass is 10.1. The van der Waals surface area contributed by atoms with E-state index in [4.69, 9.17) is 11.6 Å². The highest BCUT2D eigenvalue weighted by Gasteiger charge is 2.11. The predicted octanol–water partition coefficient (Wildman–Crippen LogP) is 4.38. The van der Waals surface area contributed by atoms with Gasteiger partial charge in [-0.3, -0.25) is 10.1 Å². The summed E-state index contributed by atoms with van der Waals surface area (Å²) in [5.74, 6) is -0.686. The average molecular weight is 343 g/mol. The number of phenolic OH excluding ortho intramolecular Hbond substituents is 2. The first-order chi connectivity index (χ1) is 11.5. The van der Waals surface area contributed by atoms with Gasteiger partial charge >= 0.3 is 0 Å². The molecule has 0 radical (unpaired) electrons. The zero-order chi connectivity index (χ0) is 17.3. The molecule has 0 fully saturated rings. The Bertz CT molecular complexity index is 962. The van der Waals surface area contributed by atoms with Gasteiger partial charge in [0.15, 0.2) is 11.5 Å². The number of hydrogen-bond donors (Lipinski definition) is 2. The number of halogens is 1. The van der Waals surface area contributed by atoms with E-state index in [9.17, 15) is 20.3 Å². The maximum Gasteiger partial charge on any atom is 0.278 e. The molecule has 6 nitrogen and oxygen atoms in total. The lowest BCUT2D eigenvalue weighted by Crippen LogP contribution is -1.91. The van der Waals surface area contributed by atoms with Gasteiger partial charge in [0.1, 0.15) is 0 Å². The Morgan fingerprint density at radius 1 is 1.12 bits per heavy atom. The number of non-ortho nitro benzene ring substituents is 1. The average Bonchev–Trinajstić information content (AvgIpc) is 2.56. The summed E-state index contributed by atoms with van der Waals surface area (Å²) in [4.78, 5) is 14.9. The van der Waals surface area contributed by atoms with Crippen molar-refractivity contribution in [3.05, 3.63) is 68.9 Å². The van der Waals surface area contributed by atoms with Crippen LogP contribution in [0.2, 0.25) is 5.02 Å². The van der Waals surface area contributed by atoms with Gasteiger partial charge < -0.3 is 10.2 Å². The monoisotopic (exact) mass is 342 g/mol. The van der Waals surface area contributed by atoms with Crippen LogP contribution in [0, 0.1) is 10.1 Å². The van der Waals surface area contributed by atoms with Gasteiger partial charge in [-0.15, -0.1) is 0 Å². The number of nitro benzene ring substituents is 1. The summed E-state index contributed by atoms with van der Waals surface area (Å²) in [6.45, 7) is 0. The van der Waals surface area contributed by atoms with Crippen molar-refractivity contribution in [1.82, 2.24) is 4.98 Å². The van der Waals surface area contributed by atoms with Crippen LogP contribution in [-0.4, -0.2) is 20.1 Å². The van der Waals surface area contributed by atoms with Crippen LogP contribution in [0.3, 0.4) is 0 Å². The highest BCUT2D eigenvalue weighted by molar-refractivity contribution is 6.32. The van der Waals surface area contributed by atoms with Gasteiger partial charge in [-0.05, 0) is 42.0 Å². The topological polar surface area (TPSA) is 96.5 Å². The maximum absolute atomic E-state index is 11.0. The van der Waals surface area contributed by atoms with Crippen molar-refractivity contribution in [2.24, 2.45) is 0 Å². The number of benzene rings is 2. The molecule has 24 heavy (non-hydrogen) atoms. The zero-order valence-corrected chi connectivity index (χ0v) is 12.9. The summed E-state index contributed by atoms with van der Waals surface area (Å²) < 4.78 is 0. The van der Waals surface area contributed by atoms with Crippen LogP contribution in [0.4, 0.5) is 5.69 Å². The number of aromatic hydroxyl groups is 2. The molecule has 2 N–H and O–H groups in total. The van der Waals surface area contributed by atoms with Crippen LogP contribution < -0.4 is 0 Å². The minimum atomic E-state index is -0.444. The Labute approximate surface area is 141 Å². The molecular weight excluding hydrogens is 332 g/mol. The van der Waals surface area contributed by atoms with E-state index in [2.05, 4.69) is 4.98 Å². The van der Waals surface area contributed by atoms with Crippen molar-refractivity contribution < 1.29 is 15.1 Å². The molecular formula is C17H11ClN2O4. The van der Waals surface area contributed by atoms with Gasteiger partial charge in [-0.2, -0.15) is 0 Å². The first kappa shape index (κ1) is 15.8. The molecule has 3 rings (SSSR count). The van der Waals surface area contributed by atoms with Crippen LogP contribution in [0.1, 0.15) is 11.3 Å². The lowest BCUT2D eigenvalue weighted by Gasteiger charge is -2.02. The second-order valence-corrected chi connectivity index (χ2v) is 5.45. The highest BCUT2D eigenvalue weighted by atomic mass is 35.5.